The van der Waals surface area contributed by atoms with E-state index in [4.69, 9.17) is 5.73 Å². The highest BCUT2D eigenvalue weighted by molar-refractivity contribution is 9.10. The fourth-order valence-electron chi connectivity index (χ4n) is 1.28. The third-order valence-corrected chi connectivity index (χ3v) is 3.18. The minimum absolute atomic E-state index is 0.0832. The van der Waals surface area contributed by atoms with Crippen LogP contribution in [0.25, 0.3) is 0 Å². The summed E-state index contributed by atoms with van der Waals surface area (Å²) in [5, 5.41) is 9.17. The van der Waals surface area contributed by atoms with Crippen molar-refractivity contribution in [3.63, 3.8) is 0 Å². The van der Waals surface area contributed by atoms with Crippen LogP contribution in [0.15, 0.2) is 22.7 Å². The van der Waals surface area contributed by atoms with Gasteiger partial charge in [-0.25, -0.2) is 4.39 Å². The maximum Gasteiger partial charge on any atom is 0.142 e. The van der Waals surface area contributed by atoms with E-state index in [0.717, 1.165) is 0 Å². The van der Waals surface area contributed by atoms with E-state index in [2.05, 4.69) is 15.9 Å². The molecule has 0 saturated heterocycles. The Labute approximate surface area is 97.4 Å². The second-order valence-corrected chi connectivity index (χ2v) is 5.12. The van der Waals surface area contributed by atoms with Gasteiger partial charge in [0.05, 0.1) is 4.47 Å². The first-order valence-corrected chi connectivity index (χ1v) is 5.50. The zero-order valence-electron chi connectivity index (χ0n) is 8.80. The van der Waals surface area contributed by atoms with Gasteiger partial charge in [0.2, 0.25) is 0 Å². The van der Waals surface area contributed by atoms with Crippen molar-refractivity contribution in [2.45, 2.75) is 19.9 Å². The Balaban J connectivity index is 3.12. The summed E-state index contributed by atoms with van der Waals surface area (Å²) >= 11 is 3.11. The summed E-state index contributed by atoms with van der Waals surface area (Å²) in [6, 6.07) is 4.47. The topological polar surface area (TPSA) is 46.2 Å². The predicted octanol–water partition coefficient (Wildman–Crippen LogP) is 2.61. The molecule has 0 aliphatic heterocycles. The fraction of sp³-hybridized carbons (Fsp3) is 0.455. The second kappa shape index (κ2) is 4.60. The monoisotopic (exact) mass is 275 g/mol. The van der Waals surface area contributed by atoms with Gasteiger partial charge in [-0.2, -0.15) is 0 Å². The first kappa shape index (κ1) is 12.6. The molecule has 0 aliphatic carbocycles. The average Bonchev–Trinajstić information content (AvgIpc) is 2.21. The van der Waals surface area contributed by atoms with Crippen molar-refractivity contribution >= 4 is 15.9 Å². The van der Waals surface area contributed by atoms with Crippen LogP contribution >= 0.6 is 15.9 Å². The van der Waals surface area contributed by atoms with Crippen molar-refractivity contribution in [1.82, 2.24) is 0 Å². The van der Waals surface area contributed by atoms with Crippen molar-refractivity contribution in [3.8, 4) is 0 Å². The summed E-state index contributed by atoms with van der Waals surface area (Å²) in [6.45, 7) is 3.52. The lowest BCUT2D eigenvalue weighted by atomic mass is 9.81. The van der Waals surface area contributed by atoms with Crippen molar-refractivity contribution in [3.05, 3.63) is 34.1 Å². The zero-order chi connectivity index (χ0) is 11.6. The Bertz CT molecular complexity index is 354. The van der Waals surface area contributed by atoms with Crippen molar-refractivity contribution < 1.29 is 9.50 Å². The van der Waals surface area contributed by atoms with E-state index >= 15 is 0 Å². The molecule has 15 heavy (non-hydrogen) atoms. The van der Waals surface area contributed by atoms with Crippen molar-refractivity contribution in [2.24, 2.45) is 11.1 Å². The average molecular weight is 276 g/mol. The molecule has 0 unspecified atom stereocenters. The molecule has 0 amide bonds. The van der Waals surface area contributed by atoms with Crippen LogP contribution in [0.4, 0.5) is 4.39 Å². The normalized spacial score (nSPS) is 14.0. The van der Waals surface area contributed by atoms with Crippen LogP contribution in [0, 0.1) is 11.2 Å². The van der Waals surface area contributed by atoms with Gasteiger partial charge in [-0.3, -0.25) is 0 Å². The summed E-state index contributed by atoms with van der Waals surface area (Å²) in [4.78, 5) is 0. The molecule has 0 saturated carbocycles. The SMILES string of the molecule is CC(C)(CO)[C@@H](N)c1cccc(Br)c1F. The number of rotatable bonds is 3. The van der Waals surface area contributed by atoms with Gasteiger partial charge in [0.25, 0.3) is 0 Å². The minimum atomic E-state index is -0.540. The summed E-state index contributed by atoms with van der Waals surface area (Å²) in [7, 11) is 0. The number of benzene rings is 1. The number of halogens is 2. The summed E-state index contributed by atoms with van der Waals surface area (Å²) in [5.41, 5.74) is 5.81. The van der Waals surface area contributed by atoms with Gasteiger partial charge in [0, 0.05) is 23.6 Å². The Morgan fingerprint density at radius 3 is 2.67 bits per heavy atom. The van der Waals surface area contributed by atoms with Crippen molar-refractivity contribution in [2.75, 3.05) is 6.61 Å². The quantitative estimate of drug-likeness (QED) is 0.891. The lowest BCUT2D eigenvalue weighted by molar-refractivity contribution is 0.130. The van der Waals surface area contributed by atoms with E-state index in [1.807, 2.05) is 0 Å². The number of nitrogens with two attached hydrogens (primary N) is 1. The third-order valence-electron chi connectivity index (χ3n) is 2.57. The van der Waals surface area contributed by atoms with Crippen LogP contribution in [0.1, 0.15) is 25.5 Å². The van der Waals surface area contributed by atoms with E-state index in [0.29, 0.717) is 10.0 Å². The molecule has 0 fully saturated rings. The predicted molar refractivity (Wildman–Crippen MR) is 61.9 cm³/mol. The zero-order valence-corrected chi connectivity index (χ0v) is 10.4. The Kier molecular flexibility index (Phi) is 3.87. The largest absolute Gasteiger partial charge is 0.396 e. The van der Waals surface area contributed by atoms with Crippen LogP contribution in [-0.4, -0.2) is 11.7 Å². The van der Waals surface area contributed by atoms with Gasteiger partial charge in [-0.1, -0.05) is 26.0 Å². The van der Waals surface area contributed by atoms with Crippen molar-refractivity contribution in [1.29, 1.82) is 0 Å². The number of hydrogen-bond acceptors (Lipinski definition) is 2. The molecule has 4 heteroatoms. The summed E-state index contributed by atoms with van der Waals surface area (Å²) < 4.78 is 14.1. The summed E-state index contributed by atoms with van der Waals surface area (Å²) in [6.07, 6.45) is 0. The Morgan fingerprint density at radius 1 is 1.53 bits per heavy atom. The lowest BCUT2D eigenvalue weighted by Gasteiger charge is -2.30. The molecule has 1 atom stereocenters. The molecule has 0 aliphatic rings. The molecule has 3 N–H and O–H groups in total. The maximum absolute atomic E-state index is 13.7. The fourth-order valence-corrected chi connectivity index (χ4v) is 1.66. The highest BCUT2D eigenvalue weighted by Crippen LogP contribution is 2.33. The molecule has 0 bridgehead atoms. The molecular formula is C11H15BrFNO. The lowest BCUT2D eigenvalue weighted by Crippen LogP contribution is -2.33. The van der Waals surface area contributed by atoms with E-state index in [9.17, 15) is 9.50 Å². The summed E-state index contributed by atoms with van der Waals surface area (Å²) in [5.74, 6) is -0.355. The van der Waals surface area contributed by atoms with E-state index in [1.165, 1.54) is 0 Å². The van der Waals surface area contributed by atoms with Crippen LogP contribution in [0.3, 0.4) is 0 Å². The first-order valence-electron chi connectivity index (χ1n) is 4.70. The van der Waals surface area contributed by atoms with Crippen LogP contribution in [-0.2, 0) is 0 Å². The molecule has 2 nitrogen and oxygen atoms in total. The molecular weight excluding hydrogens is 261 g/mol. The standard InChI is InChI=1S/C11H15BrFNO/c1-11(2,6-15)10(14)7-4-3-5-8(12)9(7)13/h3-5,10,15H,6,14H2,1-2H3/t10-/m0/s1. The third kappa shape index (κ3) is 2.56. The number of hydrogen-bond donors (Lipinski definition) is 2. The first-order chi connectivity index (χ1) is 6.90. The van der Waals surface area contributed by atoms with Crippen LogP contribution in [0.2, 0.25) is 0 Å². The highest BCUT2D eigenvalue weighted by Gasteiger charge is 2.29. The number of aliphatic hydroxyl groups excluding tert-OH is 1. The highest BCUT2D eigenvalue weighted by atomic mass is 79.9. The second-order valence-electron chi connectivity index (χ2n) is 4.27. The molecule has 1 rings (SSSR count). The number of aliphatic hydroxyl groups is 1. The minimum Gasteiger partial charge on any atom is -0.396 e. The maximum atomic E-state index is 13.7. The van der Waals surface area contributed by atoms with Gasteiger partial charge < -0.3 is 10.8 Å². The molecule has 1 aromatic carbocycles. The van der Waals surface area contributed by atoms with Crippen LogP contribution < -0.4 is 5.73 Å². The van der Waals surface area contributed by atoms with E-state index < -0.39 is 11.5 Å². The molecule has 1 aromatic rings. The Morgan fingerprint density at radius 2 is 2.13 bits per heavy atom. The van der Waals surface area contributed by atoms with Gasteiger partial charge in [0.1, 0.15) is 5.82 Å². The smallest absolute Gasteiger partial charge is 0.142 e. The molecule has 0 radical (unpaired) electrons. The van der Waals surface area contributed by atoms with Gasteiger partial charge >= 0.3 is 0 Å². The Hall–Kier alpha value is -0.450. The molecule has 84 valence electrons. The van der Waals surface area contributed by atoms with Gasteiger partial charge in [-0.05, 0) is 22.0 Å². The van der Waals surface area contributed by atoms with Gasteiger partial charge in [-0.15, -0.1) is 0 Å². The molecule has 0 heterocycles. The molecule has 0 aromatic heterocycles. The van der Waals surface area contributed by atoms with Crippen LogP contribution in [0.5, 0.6) is 0 Å². The molecule has 0 spiro atoms. The van der Waals surface area contributed by atoms with E-state index in [-0.39, 0.29) is 12.4 Å². The van der Waals surface area contributed by atoms with Gasteiger partial charge in [0.15, 0.2) is 0 Å². The van der Waals surface area contributed by atoms with E-state index in [1.54, 1.807) is 32.0 Å².